The molecule has 0 aromatic rings. The maximum atomic E-state index is 5.62. The van der Waals surface area contributed by atoms with Crippen LogP contribution in [0.1, 0.15) is 84.0 Å². The Labute approximate surface area is 144 Å². The number of unbranched alkanes of at least 4 members (excludes halogenated alkanes) is 11. The van der Waals surface area contributed by atoms with Gasteiger partial charge in [0.05, 0.1) is 0 Å². The van der Waals surface area contributed by atoms with Gasteiger partial charge in [-0.05, 0) is 18.9 Å². The molecule has 3 heteroatoms. The fraction of sp³-hybridized carbons (Fsp3) is 0.850. The third-order valence-corrected chi connectivity index (χ3v) is 4.65. The molecule has 0 fully saturated rings. The van der Waals surface area contributed by atoms with E-state index in [1.165, 1.54) is 77.0 Å². The highest BCUT2D eigenvalue weighted by molar-refractivity contribution is 5.62. The molecular formula is C20H39N3. The van der Waals surface area contributed by atoms with E-state index in [0.29, 0.717) is 6.54 Å². The number of aliphatic imine (C=N–C) groups is 1. The van der Waals surface area contributed by atoms with Gasteiger partial charge in [0.25, 0.3) is 0 Å². The lowest BCUT2D eigenvalue weighted by Crippen LogP contribution is -2.33. The molecule has 0 aliphatic carbocycles. The summed E-state index contributed by atoms with van der Waals surface area (Å²) >= 11 is 0. The van der Waals surface area contributed by atoms with E-state index < -0.39 is 0 Å². The molecule has 1 aliphatic heterocycles. The van der Waals surface area contributed by atoms with Gasteiger partial charge in [0.2, 0.25) is 0 Å². The van der Waals surface area contributed by atoms with Gasteiger partial charge in [0.1, 0.15) is 6.17 Å². The largest absolute Gasteiger partial charge is 0.329 e. The van der Waals surface area contributed by atoms with Crippen LogP contribution in [0.15, 0.2) is 17.1 Å². The average Bonchev–Trinajstić information content (AvgIpc) is 2.99. The van der Waals surface area contributed by atoms with Crippen LogP contribution in [0, 0.1) is 0 Å². The molecule has 1 unspecified atom stereocenters. The van der Waals surface area contributed by atoms with Gasteiger partial charge in [-0.15, -0.1) is 0 Å². The fourth-order valence-corrected chi connectivity index (χ4v) is 3.17. The maximum Gasteiger partial charge on any atom is 0.121 e. The van der Waals surface area contributed by atoms with E-state index in [1.807, 2.05) is 6.21 Å². The molecule has 0 spiro atoms. The summed E-state index contributed by atoms with van der Waals surface area (Å²) in [7, 11) is 0. The zero-order valence-corrected chi connectivity index (χ0v) is 15.4. The molecule has 0 aromatic heterocycles. The molecule has 0 radical (unpaired) electrons. The summed E-state index contributed by atoms with van der Waals surface area (Å²) in [6.07, 6.45) is 23.5. The average molecular weight is 322 g/mol. The van der Waals surface area contributed by atoms with Crippen molar-refractivity contribution in [2.24, 2.45) is 10.7 Å². The lowest BCUT2D eigenvalue weighted by atomic mass is 10.1. The second kappa shape index (κ2) is 14.9. The molecule has 134 valence electrons. The molecular weight excluding hydrogens is 282 g/mol. The van der Waals surface area contributed by atoms with Crippen LogP contribution >= 0.6 is 0 Å². The summed E-state index contributed by atoms with van der Waals surface area (Å²) in [5, 5.41) is 0. The molecule has 0 amide bonds. The van der Waals surface area contributed by atoms with Gasteiger partial charge in [-0.2, -0.15) is 0 Å². The molecule has 1 heterocycles. The number of allylic oxidation sites excluding steroid dienone is 1. The number of hydrogen-bond donors (Lipinski definition) is 1. The molecule has 2 N–H and O–H groups in total. The first-order valence-electron chi connectivity index (χ1n) is 10.0. The molecule has 3 nitrogen and oxygen atoms in total. The topological polar surface area (TPSA) is 41.6 Å². The number of rotatable bonds is 15. The molecule has 1 aliphatic rings. The van der Waals surface area contributed by atoms with Crippen LogP contribution in [-0.4, -0.2) is 36.9 Å². The quantitative estimate of drug-likeness (QED) is 0.344. The van der Waals surface area contributed by atoms with E-state index in [1.54, 1.807) is 0 Å². The summed E-state index contributed by atoms with van der Waals surface area (Å²) < 4.78 is 0. The van der Waals surface area contributed by atoms with E-state index in [4.69, 9.17) is 5.73 Å². The van der Waals surface area contributed by atoms with Crippen LogP contribution in [0.2, 0.25) is 0 Å². The minimum absolute atomic E-state index is 0.242. The Morgan fingerprint density at radius 2 is 1.61 bits per heavy atom. The Balaban J connectivity index is 1.86. The Morgan fingerprint density at radius 3 is 2.22 bits per heavy atom. The second-order valence-electron chi connectivity index (χ2n) is 6.78. The molecule has 0 aromatic carbocycles. The van der Waals surface area contributed by atoms with Gasteiger partial charge < -0.3 is 5.73 Å². The maximum absolute atomic E-state index is 5.62. The Kier molecular flexibility index (Phi) is 13.2. The minimum atomic E-state index is 0.242. The van der Waals surface area contributed by atoms with Gasteiger partial charge in [0, 0.05) is 25.8 Å². The lowest BCUT2D eigenvalue weighted by Gasteiger charge is -2.18. The Hall–Kier alpha value is -0.670. The monoisotopic (exact) mass is 321 g/mol. The first-order valence-corrected chi connectivity index (χ1v) is 10.0. The third kappa shape index (κ3) is 10.7. The minimum Gasteiger partial charge on any atom is -0.329 e. The van der Waals surface area contributed by atoms with Crippen LogP contribution in [-0.2, 0) is 0 Å². The summed E-state index contributed by atoms with van der Waals surface area (Å²) in [6.45, 7) is 4.89. The van der Waals surface area contributed by atoms with Crippen molar-refractivity contribution < 1.29 is 0 Å². The SMILES string of the molecule is CCCCCCCCCCCCC/C=C/C1N=CCN1CCN. The standard InChI is InChI=1S/C20H39N3/c1-2-3-4-5-6-7-8-9-10-11-12-13-14-15-20-22-17-19-23(20)18-16-21/h14-15,17,20H,2-13,16,18-19,21H2,1H3/b15-14+. The second-order valence-corrected chi connectivity index (χ2v) is 6.78. The summed E-state index contributed by atoms with van der Waals surface area (Å²) in [4.78, 5) is 6.81. The lowest BCUT2D eigenvalue weighted by molar-refractivity contribution is 0.297. The highest BCUT2D eigenvalue weighted by atomic mass is 15.3. The van der Waals surface area contributed by atoms with Gasteiger partial charge >= 0.3 is 0 Å². The zero-order valence-electron chi connectivity index (χ0n) is 15.4. The summed E-state index contributed by atoms with van der Waals surface area (Å²) in [5.74, 6) is 0. The van der Waals surface area contributed by atoms with Crippen molar-refractivity contribution in [2.45, 2.75) is 90.1 Å². The van der Waals surface area contributed by atoms with Crippen molar-refractivity contribution >= 4 is 6.21 Å². The van der Waals surface area contributed by atoms with Gasteiger partial charge in [-0.3, -0.25) is 9.89 Å². The van der Waals surface area contributed by atoms with E-state index >= 15 is 0 Å². The molecule has 0 bridgehead atoms. The predicted molar refractivity (Wildman–Crippen MR) is 103 cm³/mol. The van der Waals surface area contributed by atoms with E-state index in [0.717, 1.165) is 13.1 Å². The third-order valence-electron chi connectivity index (χ3n) is 4.65. The van der Waals surface area contributed by atoms with Crippen molar-refractivity contribution in [2.75, 3.05) is 19.6 Å². The zero-order chi connectivity index (χ0) is 16.6. The predicted octanol–water partition coefficient (Wildman–Crippen LogP) is 4.91. The Bertz CT molecular complexity index is 312. The van der Waals surface area contributed by atoms with Crippen molar-refractivity contribution in [1.29, 1.82) is 0 Å². The van der Waals surface area contributed by atoms with Crippen LogP contribution in [0.3, 0.4) is 0 Å². The van der Waals surface area contributed by atoms with Crippen LogP contribution in [0.5, 0.6) is 0 Å². The fourth-order valence-electron chi connectivity index (χ4n) is 3.17. The Morgan fingerprint density at radius 1 is 1.00 bits per heavy atom. The van der Waals surface area contributed by atoms with E-state index in [2.05, 4.69) is 29.0 Å². The van der Waals surface area contributed by atoms with Crippen LogP contribution in [0.25, 0.3) is 0 Å². The summed E-state index contributed by atoms with van der Waals surface area (Å²) in [5.41, 5.74) is 5.62. The molecule has 0 saturated heterocycles. The molecule has 1 atom stereocenters. The highest BCUT2D eigenvalue weighted by Gasteiger charge is 2.16. The normalized spacial score (nSPS) is 18.4. The molecule has 23 heavy (non-hydrogen) atoms. The van der Waals surface area contributed by atoms with E-state index in [-0.39, 0.29) is 6.17 Å². The number of hydrogen-bond acceptors (Lipinski definition) is 3. The van der Waals surface area contributed by atoms with Crippen molar-refractivity contribution in [3.63, 3.8) is 0 Å². The number of nitrogens with two attached hydrogens (primary N) is 1. The summed E-state index contributed by atoms with van der Waals surface area (Å²) in [6, 6.07) is 0. The van der Waals surface area contributed by atoms with Crippen molar-refractivity contribution in [1.82, 2.24) is 4.90 Å². The number of nitrogens with zero attached hydrogens (tertiary/aromatic N) is 2. The smallest absolute Gasteiger partial charge is 0.121 e. The van der Waals surface area contributed by atoms with Gasteiger partial charge in [0.15, 0.2) is 0 Å². The van der Waals surface area contributed by atoms with Crippen molar-refractivity contribution in [3.05, 3.63) is 12.2 Å². The molecule has 0 saturated carbocycles. The first kappa shape index (κ1) is 20.4. The molecule has 1 rings (SSSR count). The van der Waals surface area contributed by atoms with Crippen LogP contribution < -0.4 is 5.73 Å². The first-order chi connectivity index (χ1) is 11.4. The van der Waals surface area contributed by atoms with Gasteiger partial charge in [-0.1, -0.05) is 77.2 Å². The van der Waals surface area contributed by atoms with Gasteiger partial charge in [-0.25, -0.2) is 0 Å². The van der Waals surface area contributed by atoms with E-state index in [9.17, 15) is 0 Å². The van der Waals surface area contributed by atoms with Crippen LogP contribution in [0.4, 0.5) is 0 Å². The van der Waals surface area contributed by atoms with Crippen molar-refractivity contribution in [3.8, 4) is 0 Å². The highest BCUT2D eigenvalue weighted by Crippen LogP contribution is 2.13.